The first-order valence-electron chi connectivity index (χ1n) is 6.93. The average Bonchev–Trinajstić information content (AvgIpc) is 2.44. The Kier molecular flexibility index (Phi) is 6.33. The molecule has 4 nitrogen and oxygen atoms in total. The van der Waals surface area contributed by atoms with E-state index < -0.39 is 0 Å². The maximum atomic E-state index is 8.97. The van der Waals surface area contributed by atoms with E-state index in [1.807, 2.05) is 32.0 Å². The van der Waals surface area contributed by atoms with E-state index in [0.717, 1.165) is 36.3 Å². The first kappa shape index (κ1) is 16.3. The lowest BCUT2D eigenvalue weighted by atomic mass is 9.90. The summed E-state index contributed by atoms with van der Waals surface area (Å²) in [6, 6.07) is 8.17. The lowest BCUT2D eigenvalue weighted by Gasteiger charge is -2.16. The van der Waals surface area contributed by atoms with Crippen LogP contribution in [0.4, 0.5) is 0 Å². The lowest BCUT2D eigenvalue weighted by molar-refractivity contribution is 0.269. The molecule has 0 heterocycles. The van der Waals surface area contributed by atoms with Crippen LogP contribution in [0.1, 0.15) is 32.3 Å². The standard InChI is InChI=1S/C16H24N2O2/c1-16(2,12-18)8-4-10-20-15-11-13(7-9-17)5-6-14(15)19-3/h5-6,11H,4,7-10,17H2,1-3H3. The summed E-state index contributed by atoms with van der Waals surface area (Å²) in [7, 11) is 1.63. The highest BCUT2D eigenvalue weighted by atomic mass is 16.5. The summed E-state index contributed by atoms with van der Waals surface area (Å²) in [5, 5.41) is 8.97. The van der Waals surface area contributed by atoms with Gasteiger partial charge in [-0.1, -0.05) is 6.07 Å². The van der Waals surface area contributed by atoms with E-state index >= 15 is 0 Å². The van der Waals surface area contributed by atoms with E-state index in [-0.39, 0.29) is 5.41 Å². The molecule has 1 aromatic carbocycles. The average molecular weight is 276 g/mol. The molecule has 0 aliphatic rings. The van der Waals surface area contributed by atoms with Gasteiger partial charge < -0.3 is 15.2 Å². The van der Waals surface area contributed by atoms with Crippen LogP contribution in [0.15, 0.2) is 18.2 Å². The number of hydrogen-bond acceptors (Lipinski definition) is 4. The molecule has 4 heteroatoms. The van der Waals surface area contributed by atoms with Gasteiger partial charge in [0.1, 0.15) is 0 Å². The predicted octanol–water partition coefficient (Wildman–Crippen LogP) is 2.91. The largest absolute Gasteiger partial charge is 0.493 e. The molecule has 20 heavy (non-hydrogen) atoms. The molecule has 0 unspecified atom stereocenters. The third-order valence-electron chi connectivity index (χ3n) is 3.17. The van der Waals surface area contributed by atoms with Crippen molar-refractivity contribution in [1.29, 1.82) is 5.26 Å². The second kappa shape index (κ2) is 7.76. The van der Waals surface area contributed by atoms with Gasteiger partial charge in [0, 0.05) is 0 Å². The smallest absolute Gasteiger partial charge is 0.161 e. The number of hydrogen-bond donors (Lipinski definition) is 1. The Morgan fingerprint density at radius 3 is 2.65 bits per heavy atom. The van der Waals surface area contributed by atoms with Gasteiger partial charge in [0.15, 0.2) is 11.5 Å². The van der Waals surface area contributed by atoms with Gasteiger partial charge in [0.2, 0.25) is 0 Å². The van der Waals surface area contributed by atoms with Crippen molar-refractivity contribution in [3.63, 3.8) is 0 Å². The zero-order valence-electron chi connectivity index (χ0n) is 12.6. The highest BCUT2D eigenvalue weighted by molar-refractivity contribution is 5.43. The SMILES string of the molecule is COc1ccc(CCN)cc1OCCCC(C)(C)C#N. The summed E-state index contributed by atoms with van der Waals surface area (Å²) in [4.78, 5) is 0. The molecule has 1 rings (SSSR count). The van der Waals surface area contributed by atoms with Gasteiger partial charge in [-0.3, -0.25) is 0 Å². The van der Waals surface area contributed by atoms with Crippen molar-refractivity contribution in [3.8, 4) is 17.6 Å². The molecule has 0 aliphatic carbocycles. The minimum Gasteiger partial charge on any atom is -0.493 e. The summed E-state index contributed by atoms with van der Waals surface area (Å²) >= 11 is 0. The molecule has 0 saturated heterocycles. The van der Waals surface area contributed by atoms with Crippen LogP contribution in [-0.4, -0.2) is 20.3 Å². The summed E-state index contributed by atoms with van der Waals surface area (Å²) in [6.07, 6.45) is 2.47. The van der Waals surface area contributed by atoms with Crippen LogP contribution in [0.2, 0.25) is 0 Å². The summed E-state index contributed by atoms with van der Waals surface area (Å²) < 4.78 is 11.1. The minimum absolute atomic E-state index is 0.297. The van der Waals surface area contributed by atoms with Crippen molar-refractivity contribution in [2.45, 2.75) is 33.1 Å². The van der Waals surface area contributed by atoms with Gasteiger partial charge in [-0.25, -0.2) is 0 Å². The Labute approximate surface area is 121 Å². The topological polar surface area (TPSA) is 68.3 Å². The van der Waals surface area contributed by atoms with Crippen molar-refractivity contribution in [2.75, 3.05) is 20.3 Å². The molecule has 0 aliphatic heterocycles. The molecule has 1 aromatic rings. The monoisotopic (exact) mass is 276 g/mol. The molecule has 0 aromatic heterocycles. The third kappa shape index (κ3) is 5.10. The van der Waals surface area contributed by atoms with Crippen molar-refractivity contribution in [1.82, 2.24) is 0 Å². The molecular formula is C16H24N2O2. The number of benzene rings is 1. The van der Waals surface area contributed by atoms with E-state index in [4.69, 9.17) is 20.5 Å². The van der Waals surface area contributed by atoms with Gasteiger partial charge in [0.25, 0.3) is 0 Å². The van der Waals surface area contributed by atoms with Crippen molar-refractivity contribution in [2.24, 2.45) is 11.1 Å². The van der Waals surface area contributed by atoms with Gasteiger partial charge in [-0.15, -0.1) is 0 Å². The zero-order valence-corrected chi connectivity index (χ0v) is 12.6. The summed E-state index contributed by atoms with van der Waals surface area (Å²) in [5.74, 6) is 1.47. The molecule has 0 fully saturated rings. The fourth-order valence-electron chi connectivity index (χ4n) is 1.91. The van der Waals surface area contributed by atoms with Crippen LogP contribution in [0.5, 0.6) is 11.5 Å². The Morgan fingerprint density at radius 1 is 1.30 bits per heavy atom. The quantitative estimate of drug-likeness (QED) is 0.741. The number of nitrogens with zero attached hydrogens (tertiary/aromatic N) is 1. The second-order valence-electron chi connectivity index (χ2n) is 5.47. The van der Waals surface area contributed by atoms with Crippen LogP contribution >= 0.6 is 0 Å². The van der Waals surface area contributed by atoms with E-state index in [2.05, 4.69) is 6.07 Å². The number of methoxy groups -OCH3 is 1. The van der Waals surface area contributed by atoms with Crippen LogP contribution < -0.4 is 15.2 Å². The van der Waals surface area contributed by atoms with E-state index in [9.17, 15) is 0 Å². The van der Waals surface area contributed by atoms with Gasteiger partial charge in [-0.05, 0) is 57.4 Å². The molecule has 110 valence electrons. The molecule has 0 atom stereocenters. The molecule has 2 N–H and O–H groups in total. The zero-order chi connectivity index (χ0) is 15.0. The number of nitrogens with two attached hydrogens (primary N) is 1. The number of nitriles is 1. The second-order valence-corrected chi connectivity index (χ2v) is 5.47. The van der Waals surface area contributed by atoms with Crippen molar-refractivity contribution in [3.05, 3.63) is 23.8 Å². The van der Waals surface area contributed by atoms with E-state index in [0.29, 0.717) is 13.2 Å². The van der Waals surface area contributed by atoms with E-state index in [1.54, 1.807) is 7.11 Å². The van der Waals surface area contributed by atoms with E-state index in [1.165, 1.54) is 0 Å². The van der Waals surface area contributed by atoms with Crippen molar-refractivity contribution >= 4 is 0 Å². The normalized spacial score (nSPS) is 10.9. The van der Waals surface area contributed by atoms with Crippen LogP contribution in [0.25, 0.3) is 0 Å². The van der Waals surface area contributed by atoms with Gasteiger partial charge in [-0.2, -0.15) is 5.26 Å². The highest BCUT2D eigenvalue weighted by Gasteiger charge is 2.16. The first-order chi connectivity index (χ1) is 9.52. The molecule has 0 bridgehead atoms. The number of rotatable bonds is 8. The summed E-state index contributed by atoms with van der Waals surface area (Å²) in [6.45, 7) is 5.07. The summed E-state index contributed by atoms with van der Waals surface area (Å²) in [5.41, 5.74) is 6.41. The van der Waals surface area contributed by atoms with Gasteiger partial charge in [0.05, 0.1) is 25.2 Å². The fraction of sp³-hybridized carbons (Fsp3) is 0.562. The molecule has 0 amide bonds. The molecule has 0 spiro atoms. The Morgan fingerprint density at radius 2 is 2.05 bits per heavy atom. The lowest BCUT2D eigenvalue weighted by Crippen LogP contribution is -2.10. The predicted molar refractivity (Wildman–Crippen MR) is 79.9 cm³/mol. The van der Waals surface area contributed by atoms with Crippen molar-refractivity contribution < 1.29 is 9.47 Å². The molecule has 0 radical (unpaired) electrons. The Balaban J connectivity index is 2.58. The van der Waals surface area contributed by atoms with Crippen LogP contribution in [0.3, 0.4) is 0 Å². The maximum Gasteiger partial charge on any atom is 0.161 e. The first-order valence-corrected chi connectivity index (χ1v) is 6.93. The van der Waals surface area contributed by atoms with Gasteiger partial charge >= 0.3 is 0 Å². The maximum absolute atomic E-state index is 8.97. The van der Waals surface area contributed by atoms with Crippen LogP contribution in [0, 0.1) is 16.7 Å². The Hall–Kier alpha value is -1.73. The van der Waals surface area contributed by atoms with Crippen LogP contribution in [-0.2, 0) is 6.42 Å². The fourth-order valence-corrected chi connectivity index (χ4v) is 1.91. The highest BCUT2D eigenvalue weighted by Crippen LogP contribution is 2.29. The Bertz CT molecular complexity index is 464. The third-order valence-corrected chi connectivity index (χ3v) is 3.17. The minimum atomic E-state index is -0.297. The molecule has 0 saturated carbocycles. The molecular weight excluding hydrogens is 252 g/mol. The number of ether oxygens (including phenoxy) is 2.